The van der Waals surface area contributed by atoms with E-state index in [0.29, 0.717) is 11.9 Å². The smallest absolute Gasteiger partial charge is 0.377 e. The number of Topliss-reactive ketones (excluding diaryl/α,β-unsaturated/α-hetero) is 1. The van der Waals surface area contributed by atoms with Gasteiger partial charge in [0.05, 0.1) is 5.56 Å². The number of aliphatic carboxylic acids is 1. The number of nitrogens with one attached hydrogen (secondary N) is 1. The molecule has 0 atom stereocenters. The largest absolute Gasteiger partial charge is 0.475 e. The number of ketones is 1. The summed E-state index contributed by atoms with van der Waals surface area (Å²) in [5.41, 5.74) is 8.21. The molecule has 0 saturated heterocycles. The van der Waals surface area contributed by atoms with Crippen LogP contribution in [-0.2, 0) is 11.3 Å². The average molecular weight is 529 g/mol. The SMILES string of the molecule is CC(=C(c1ccccc1)c1ccc(NCCCCn2cc(C(=O)C(=O)O)c3ccccc32)cc1)c1ccccc1. The Labute approximate surface area is 234 Å². The van der Waals surface area contributed by atoms with E-state index in [2.05, 4.69) is 85.0 Å². The topological polar surface area (TPSA) is 71.3 Å². The molecule has 2 N–H and O–H groups in total. The Morgan fingerprint density at radius 1 is 0.725 bits per heavy atom. The Hall–Kier alpha value is -4.90. The van der Waals surface area contributed by atoms with Gasteiger partial charge < -0.3 is 15.0 Å². The standard InChI is InChI=1S/C35H32N2O3/c1-25(26-12-4-2-5-13-26)33(27-14-6-3-7-15-27)28-18-20-29(21-19-28)36-22-10-11-23-37-24-31(34(38)35(39)40)30-16-8-9-17-32(30)37/h2-9,12-21,24,36H,10-11,22-23H2,1H3,(H,39,40). The van der Waals surface area contributed by atoms with Crippen molar-refractivity contribution in [2.75, 3.05) is 11.9 Å². The number of hydrogen-bond acceptors (Lipinski definition) is 3. The highest BCUT2D eigenvalue weighted by atomic mass is 16.4. The number of benzene rings is 4. The quantitative estimate of drug-likeness (QED) is 0.0795. The lowest BCUT2D eigenvalue weighted by molar-refractivity contribution is -0.131. The molecule has 5 rings (SSSR count). The molecule has 0 aliphatic carbocycles. The van der Waals surface area contributed by atoms with Gasteiger partial charge in [-0.05, 0) is 65.8 Å². The summed E-state index contributed by atoms with van der Waals surface area (Å²) < 4.78 is 1.98. The summed E-state index contributed by atoms with van der Waals surface area (Å²) in [7, 11) is 0. The van der Waals surface area contributed by atoms with Crippen LogP contribution in [0.25, 0.3) is 22.0 Å². The predicted molar refractivity (Wildman–Crippen MR) is 163 cm³/mol. The third-order valence-corrected chi connectivity index (χ3v) is 7.20. The number of carboxylic acid groups (broad SMARTS) is 1. The minimum Gasteiger partial charge on any atom is -0.475 e. The van der Waals surface area contributed by atoms with Crippen LogP contribution < -0.4 is 5.32 Å². The van der Waals surface area contributed by atoms with Crippen molar-refractivity contribution in [2.24, 2.45) is 0 Å². The van der Waals surface area contributed by atoms with Crippen molar-refractivity contribution < 1.29 is 14.7 Å². The van der Waals surface area contributed by atoms with E-state index in [4.69, 9.17) is 0 Å². The second kappa shape index (κ2) is 12.3. The predicted octanol–water partition coefficient (Wildman–Crippen LogP) is 7.78. The molecule has 0 unspecified atom stereocenters. The van der Waals surface area contributed by atoms with E-state index < -0.39 is 11.8 Å². The normalized spacial score (nSPS) is 11.7. The molecule has 4 aromatic carbocycles. The number of unbranched alkanes of at least 4 members (excludes halogenated alkanes) is 1. The molecule has 0 spiro atoms. The number of nitrogens with zero attached hydrogens (tertiary/aromatic N) is 1. The molecule has 0 saturated carbocycles. The summed E-state index contributed by atoms with van der Waals surface area (Å²) in [4.78, 5) is 23.4. The highest BCUT2D eigenvalue weighted by molar-refractivity contribution is 6.42. The first kappa shape index (κ1) is 26.7. The second-order valence-electron chi connectivity index (χ2n) is 9.83. The molecule has 0 aliphatic heterocycles. The Morgan fingerprint density at radius 3 is 2.00 bits per heavy atom. The third-order valence-electron chi connectivity index (χ3n) is 7.20. The van der Waals surface area contributed by atoms with Gasteiger partial charge in [-0.1, -0.05) is 91.0 Å². The molecular formula is C35H32N2O3. The molecule has 0 aliphatic rings. The molecule has 5 aromatic rings. The summed E-state index contributed by atoms with van der Waals surface area (Å²) in [6, 6.07) is 37.0. The lowest BCUT2D eigenvalue weighted by atomic mass is 9.90. The van der Waals surface area contributed by atoms with Gasteiger partial charge in [-0.2, -0.15) is 0 Å². The van der Waals surface area contributed by atoms with Gasteiger partial charge >= 0.3 is 5.97 Å². The molecule has 5 heteroatoms. The number of hydrogen-bond donors (Lipinski definition) is 2. The summed E-state index contributed by atoms with van der Waals surface area (Å²) in [5, 5.41) is 13.4. The Kier molecular flexibility index (Phi) is 8.21. The number of aromatic nitrogens is 1. The summed E-state index contributed by atoms with van der Waals surface area (Å²) >= 11 is 0. The highest BCUT2D eigenvalue weighted by Crippen LogP contribution is 2.32. The van der Waals surface area contributed by atoms with Crippen LogP contribution in [0.4, 0.5) is 5.69 Å². The molecule has 5 nitrogen and oxygen atoms in total. The summed E-state index contributed by atoms with van der Waals surface area (Å²) in [6.07, 6.45) is 3.49. The number of carbonyl (C=O) groups is 2. The highest BCUT2D eigenvalue weighted by Gasteiger charge is 2.20. The molecule has 0 amide bonds. The number of rotatable bonds is 11. The Bertz CT molecular complexity index is 1650. The minimum atomic E-state index is -1.43. The molecule has 0 fully saturated rings. The maximum atomic E-state index is 12.1. The van der Waals surface area contributed by atoms with Crippen molar-refractivity contribution in [3.63, 3.8) is 0 Å². The molecule has 40 heavy (non-hydrogen) atoms. The molecule has 1 aromatic heterocycles. The first-order valence-corrected chi connectivity index (χ1v) is 13.5. The number of carboxylic acids is 1. The van der Waals surface area contributed by atoms with E-state index in [9.17, 15) is 14.7 Å². The van der Waals surface area contributed by atoms with Gasteiger partial charge in [0.25, 0.3) is 5.78 Å². The molecule has 200 valence electrons. The summed E-state index contributed by atoms with van der Waals surface area (Å²) in [5.74, 6) is -2.30. The van der Waals surface area contributed by atoms with Crippen LogP contribution in [-0.4, -0.2) is 28.0 Å². The Balaban J connectivity index is 1.23. The van der Waals surface area contributed by atoms with E-state index in [0.717, 1.165) is 30.6 Å². The zero-order valence-corrected chi connectivity index (χ0v) is 22.5. The van der Waals surface area contributed by atoms with Crippen LogP contribution in [0.1, 0.15) is 46.8 Å². The van der Waals surface area contributed by atoms with Crippen molar-refractivity contribution in [3.8, 4) is 0 Å². The fourth-order valence-corrected chi connectivity index (χ4v) is 5.16. The number of allylic oxidation sites excluding steroid dienone is 1. The summed E-state index contributed by atoms with van der Waals surface area (Å²) in [6.45, 7) is 3.69. The molecular weight excluding hydrogens is 496 g/mol. The van der Waals surface area contributed by atoms with Gasteiger partial charge in [-0.3, -0.25) is 4.79 Å². The average Bonchev–Trinajstić information content (AvgIpc) is 3.37. The lowest BCUT2D eigenvalue weighted by Gasteiger charge is -2.15. The number of carbonyl (C=O) groups excluding carboxylic acids is 1. The van der Waals surface area contributed by atoms with Gasteiger partial charge in [0.15, 0.2) is 0 Å². The van der Waals surface area contributed by atoms with Gasteiger partial charge in [0, 0.05) is 35.9 Å². The van der Waals surface area contributed by atoms with E-state index in [1.807, 2.05) is 34.9 Å². The number of fused-ring (bicyclic) bond motifs is 1. The fourth-order valence-electron chi connectivity index (χ4n) is 5.16. The van der Waals surface area contributed by atoms with Crippen molar-refractivity contribution in [3.05, 3.63) is 138 Å². The number of anilines is 1. The third kappa shape index (κ3) is 5.89. The van der Waals surface area contributed by atoms with Crippen LogP contribution in [0.3, 0.4) is 0 Å². The fraction of sp³-hybridized carbons (Fsp3) is 0.143. The van der Waals surface area contributed by atoms with Crippen LogP contribution >= 0.6 is 0 Å². The zero-order chi connectivity index (χ0) is 27.9. The van der Waals surface area contributed by atoms with Crippen molar-refractivity contribution in [1.29, 1.82) is 0 Å². The van der Waals surface area contributed by atoms with Crippen molar-refractivity contribution >= 4 is 39.5 Å². The first-order valence-electron chi connectivity index (χ1n) is 13.5. The van der Waals surface area contributed by atoms with Crippen LogP contribution in [0.15, 0.2) is 115 Å². The van der Waals surface area contributed by atoms with Gasteiger partial charge in [0.2, 0.25) is 0 Å². The van der Waals surface area contributed by atoms with Crippen LogP contribution in [0, 0.1) is 0 Å². The Morgan fingerprint density at radius 2 is 1.32 bits per heavy atom. The van der Waals surface area contributed by atoms with E-state index >= 15 is 0 Å². The number of para-hydroxylation sites is 1. The minimum absolute atomic E-state index is 0.243. The molecule has 0 bridgehead atoms. The lowest BCUT2D eigenvalue weighted by Crippen LogP contribution is -2.12. The molecule has 1 heterocycles. The van der Waals surface area contributed by atoms with E-state index in [1.54, 1.807) is 12.3 Å². The van der Waals surface area contributed by atoms with E-state index in [1.165, 1.54) is 27.8 Å². The maximum absolute atomic E-state index is 12.1. The van der Waals surface area contributed by atoms with E-state index in [-0.39, 0.29) is 5.56 Å². The molecule has 0 radical (unpaired) electrons. The number of aryl methyl sites for hydroxylation is 1. The van der Waals surface area contributed by atoms with Crippen molar-refractivity contribution in [1.82, 2.24) is 4.57 Å². The second-order valence-corrected chi connectivity index (χ2v) is 9.83. The van der Waals surface area contributed by atoms with Crippen LogP contribution in [0.5, 0.6) is 0 Å². The van der Waals surface area contributed by atoms with Crippen molar-refractivity contribution in [2.45, 2.75) is 26.3 Å². The first-order chi connectivity index (χ1) is 19.5. The van der Waals surface area contributed by atoms with Gasteiger partial charge in [-0.15, -0.1) is 0 Å². The van der Waals surface area contributed by atoms with Gasteiger partial charge in [-0.25, -0.2) is 4.79 Å². The zero-order valence-electron chi connectivity index (χ0n) is 22.5. The monoisotopic (exact) mass is 528 g/mol. The van der Waals surface area contributed by atoms with Gasteiger partial charge in [0.1, 0.15) is 0 Å². The maximum Gasteiger partial charge on any atom is 0.377 e. The van der Waals surface area contributed by atoms with Crippen LogP contribution in [0.2, 0.25) is 0 Å².